The molecule has 1 aliphatic heterocycles. The number of aliphatic imine (C=N–C) groups is 1. The van der Waals surface area contributed by atoms with Crippen molar-refractivity contribution in [2.45, 2.75) is 36.6 Å². The van der Waals surface area contributed by atoms with Crippen molar-refractivity contribution in [2.75, 3.05) is 5.32 Å². The molecule has 1 aromatic rings. The first-order valence-electron chi connectivity index (χ1n) is 6.76. The van der Waals surface area contributed by atoms with E-state index in [0.29, 0.717) is 5.41 Å². The zero-order valence-electron chi connectivity index (χ0n) is 11.0. The maximum absolute atomic E-state index is 13.4. The lowest BCUT2D eigenvalue weighted by Gasteiger charge is -2.26. The van der Waals surface area contributed by atoms with E-state index in [4.69, 9.17) is 11.6 Å². The maximum atomic E-state index is 13.4. The molecule has 21 heavy (non-hydrogen) atoms. The Hall–Kier alpha value is -1.34. The van der Waals surface area contributed by atoms with Gasteiger partial charge in [-0.05, 0) is 36.8 Å². The van der Waals surface area contributed by atoms with Crippen LogP contribution in [0.25, 0.3) is 0 Å². The van der Waals surface area contributed by atoms with Gasteiger partial charge in [-0.15, -0.1) is 0 Å². The van der Waals surface area contributed by atoms with E-state index < -0.39 is 15.8 Å². The van der Waals surface area contributed by atoms with Crippen LogP contribution >= 0.6 is 11.6 Å². The van der Waals surface area contributed by atoms with Crippen LogP contribution in [-0.4, -0.2) is 20.4 Å². The molecule has 1 unspecified atom stereocenters. The van der Waals surface area contributed by atoms with Crippen molar-refractivity contribution in [1.29, 1.82) is 0 Å². The summed E-state index contributed by atoms with van der Waals surface area (Å²) in [5, 5.41) is 2.76. The molecule has 5 nitrogen and oxygen atoms in total. The highest BCUT2D eigenvalue weighted by molar-refractivity contribution is 7.90. The Morgan fingerprint density at radius 2 is 2.14 bits per heavy atom. The predicted molar refractivity (Wildman–Crippen MR) is 77.5 cm³/mol. The molecule has 2 N–H and O–H groups in total. The summed E-state index contributed by atoms with van der Waals surface area (Å²) in [6, 6.07) is 2.36. The van der Waals surface area contributed by atoms with Gasteiger partial charge in [0.1, 0.15) is 10.7 Å². The van der Waals surface area contributed by atoms with Crippen LogP contribution in [-0.2, 0) is 10.0 Å². The van der Waals surface area contributed by atoms with Crippen molar-refractivity contribution < 1.29 is 12.8 Å². The highest BCUT2D eigenvalue weighted by atomic mass is 35.5. The average Bonchev–Trinajstić information content (AvgIpc) is 3.05. The molecule has 1 spiro atoms. The first-order valence-corrected chi connectivity index (χ1v) is 8.62. The molecule has 1 aromatic carbocycles. The highest BCUT2D eigenvalue weighted by Crippen LogP contribution is 2.62. The van der Waals surface area contributed by atoms with Crippen molar-refractivity contribution >= 4 is 33.3 Å². The Morgan fingerprint density at radius 3 is 2.76 bits per heavy atom. The van der Waals surface area contributed by atoms with Crippen LogP contribution in [0.15, 0.2) is 22.0 Å². The lowest BCUT2D eigenvalue weighted by atomic mass is 9.81. The van der Waals surface area contributed by atoms with Crippen LogP contribution in [0, 0.1) is 11.2 Å². The number of anilines is 1. The molecular formula is C13H13ClFN3O2S. The Balaban J connectivity index is 1.69. The van der Waals surface area contributed by atoms with Crippen LogP contribution in [0.3, 0.4) is 0 Å². The molecule has 8 heteroatoms. The Morgan fingerprint density at radius 1 is 1.38 bits per heavy atom. The molecule has 0 radical (unpaired) electrons. The molecule has 2 saturated carbocycles. The molecule has 0 amide bonds. The SMILES string of the molecule is O=S1(=O)NC(=NC2CC23CCC3)Nc2cc(Cl)c(F)cc21. The molecule has 1 atom stereocenters. The van der Waals surface area contributed by atoms with Gasteiger partial charge in [0.25, 0.3) is 10.0 Å². The van der Waals surface area contributed by atoms with E-state index in [1.165, 1.54) is 12.5 Å². The molecule has 0 aromatic heterocycles. The normalized spacial score (nSPS) is 29.2. The summed E-state index contributed by atoms with van der Waals surface area (Å²) in [7, 11) is -3.82. The monoisotopic (exact) mass is 329 g/mol. The van der Waals surface area contributed by atoms with Gasteiger partial charge in [-0.1, -0.05) is 18.0 Å². The molecule has 3 aliphatic rings. The molecule has 4 rings (SSSR count). The largest absolute Gasteiger partial charge is 0.324 e. The number of hydrogen-bond donors (Lipinski definition) is 2. The lowest BCUT2D eigenvalue weighted by molar-refractivity contribution is 0.278. The summed E-state index contributed by atoms with van der Waals surface area (Å²) in [6.07, 6.45) is 4.55. The zero-order valence-corrected chi connectivity index (χ0v) is 12.6. The first kappa shape index (κ1) is 13.3. The van der Waals surface area contributed by atoms with Crippen molar-refractivity contribution in [3.05, 3.63) is 23.0 Å². The second-order valence-electron chi connectivity index (χ2n) is 5.91. The van der Waals surface area contributed by atoms with E-state index in [1.54, 1.807) is 0 Å². The van der Waals surface area contributed by atoms with E-state index in [0.717, 1.165) is 25.3 Å². The van der Waals surface area contributed by atoms with E-state index in [2.05, 4.69) is 15.0 Å². The summed E-state index contributed by atoms with van der Waals surface area (Å²) >= 11 is 5.71. The number of sulfonamides is 1. The van der Waals surface area contributed by atoms with Crippen molar-refractivity contribution in [1.82, 2.24) is 4.72 Å². The summed E-state index contributed by atoms with van der Waals surface area (Å²) in [4.78, 5) is 4.29. The molecular weight excluding hydrogens is 317 g/mol. The van der Waals surface area contributed by atoms with Gasteiger partial charge < -0.3 is 5.32 Å². The van der Waals surface area contributed by atoms with Crippen LogP contribution in [0.1, 0.15) is 25.7 Å². The van der Waals surface area contributed by atoms with Gasteiger partial charge in [0.15, 0.2) is 0 Å². The average molecular weight is 330 g/mol. The van der Waals surface area contributed by atoms with E-state index in [1.807, 2.05) is 0 Å². The molecule has 0 bridgehead atoms. The summed E-state index contributed by atoms with van der Waals surface area (Å²) < 4.78 is 40.1. The van der Waals surface area contributed by atoms with E-state index in [-0.39, 0.29) is 27.6 Å². The fraction of sp³-hybridized carbons (Fsp3) is 0.462. The minimum atomic E-state index is -3.82. The maximum Gasteiger partial charge on any atom is 0.266 e. The molecule has 2 aliphatic carbocycles. The van der Waals surface area contributed by atoms with Crippen molar-refractivity contribution in [3.8, 4) is 0 Å². The number of guanidine groups is 1. The van der Waals surface area contributed by atoms with Gasteiger partial charge in [-0.25, -0.2) is 22.5 Å². The van der Waals surface area contributed by atoms with E-state index in [9.17, 15) is 12.8 Å². The number of nitrogens with zero attached hydrogens (tertiary/aromatic N) is 1. The number of hydrogen-bond acceptors (Lipinski definition) is 3. The molecule has 2 fully saturated rings. The number of nitrogens with one attached hydrogen (secondary N) is 2. The predicted octanol–water partition coefficient (Wildman–Crippen LogP) is 2.48. The van der Waals surface area contributed by atoms with Crippen LogP contribution in [0.5, 0.6) is 0 Å². The standard InChI is InChI=1S/C13H13ClFN3O2S/c14-7-4-9-10(5-8(7)15)21(19,20)18-12(16-9)17-11-6-13(11)2-1-3-13/h4-5,11H,1-3,6H2,(H2,16,17,18). The first-order chi connectivity index (χ1) is 9.90. The minimum Gasteiger partial charge on any atom is -0.324 e. The summed E-state index contributed by atoms with van der Waals surface area (Å²) in [5.74, 6) is -0.572. The van der Waals surface area contributed by atoms with Gasteiger partial charge >= 0.3 is 0 Å². The number of halogens is 2. The quantitative estimate of drug-likeness (QED) is 0.831. The number of rotatable bonds is 1. The van der Waals surface area contributed by atoms with Gasteiger partial charge in [-0.2, -0.15) is 0 Å². The van der Waals surface area contributed by atoms with Crippen molar-refractivity contribution in [2.24, 2.45) is 10.4 Å². The second-order valence-corrected chi connectivity index (χ2v) is 7.96. The second kappa shape index (κ2) is 4.10. The third kappa shape index (κ3) is 2.02. The summed E-state index contributed by atoms with van der Waals surface area (Å²) in [6.45, 7) is 0. The third-order valence-corrected chi connectivity index (χ3v) is 6.25. The Bertz CT molecular complexity index is 774. The van der Waals surface area contributed by atoms with E-state index >= 15 is 0 Å². The molecule has 112 valence electrons. The number of benzene rings is 1. The fourth-order valence-electron chi connectivity index (χ4n) is 3.08. The smallest absolute Gasteiger partial charge is 0.266 e. The van der Waals surface area contributed by atoms with Gasteiger partial charge in [-0.3, -0.25) is 0 Å². The van der Waals surface area contributed by atoms with Crippen LogP contribution < -0.4 is 10.0 Å². The third-order valence-electron chi connectivity index (χ3n) is 4.58. The highest BCUT2D eigenvalue weighted by Gasteiger charge is 2.58. The van der Waals surface area contributed by atoms with Crippen molar-refractivity contribution in [3.63, 3.8) is 0 Å². The summed E-state index contributed by atoms with van der Waals surface area (Å²) in [5.41, 5.74) is 0.558. The minimum absolute atomic E-state index is 0.125. The van der Waals surface area contributed by atoms with Gasteiger partial charge in [0.2, 0.25) is 5.96 Å². The molecule has 1 heterocycles. The van der Waals surface area contributed by atoms with Crippen LogP contribution in [0.4, 0.5) is 10.1 Å². The van der Waals surface area contributed by atoms with Gasteiger partial charge in [0.05, 0.1) is 16.8 Å². The van der Waals surface area contributed by atoms with Gasteiger partial charge in [0, 0.05) is 0 Å². The number of fused-ring (bicyclic) bond motifs is 1. The molecule has 0 saturated heterocycles. The zero-order chi connectivity index (χ0) is 14.8. The Labute approximate surface area is 126 Å². The topological polar surface area (TPSA) is 70.6 Å². The Kier molecular flexibility index (Phi) is 2.60. The lowest BCUT2D eigenvalue weighted by Crippen LogP contribution is -2.41. The van der Waals surface area contributed by atoms with Crippen LogP contribution in [0.2, 0.25) is 5.02 Å². The fourth-order valence-corrected chi connectivity index (χ4v) is 4.37.